The Morgan fingerprint density at radius 2 is 1.52 bits per heavy atom. The van der Waals surface area contributed by atoms with Crippen molar-refractivity contribution in [3.05, 3.63) is 0 Å². The Hall–Kier alpha value is -2.11. The van der Waals surface area contributed by atoms with E-state index in [1.807, 2.05) is 61.5 Å². The molecule has 0 radical (unpaired) electrons. The number of aldehydes is 2. The Bertz CT molecular complexity index is 868. The van der Waals surface area contributed by atoms with Gasteiger partial charge in [-0.25, -0.2) is 5.90 Å². The second-order valence-electron chi connectivity index (χ2n) is 12.4. The van der Waals surface area contributed by atoms with E-state index in [4.69, 9.17) is 19.5 Å². The lowest BCUT2D eigenvalue weighted by molar-refractivity contribution is -0.224. The summed E-state index contributed by atoms with van der Waals surface area (Å²) in [5.41, 5.74) is -1.41. The number of ether oxygens (including phenoxy) is 3. The van der Waals surface area contributed by atoms with Gasteiger partial charge in [0.1, 0.15) is 24.3 Å². The predicted octanol–water partition coefficient (Wildman–Crippen LogP) is 6.35. The van der Waals surface area contributed by atoms with Crippen LogP contribution in [0.5, 0.6) is 0 Å². The summed E-state index contributed by atoms with van der Waals surface area (Å²) >= 11 is 0. The summed E-state index contributed by atoms with van der Waals surface area (Å²) in [4.78, 5) is 47.1. The van der Waals surface area contributed by atoms with E-state index >= 15 is 0 Å². The minimum atomic E-state index is -1.41. The fourth-order valence-electron chi connectivity index (χ4n) is 4.35. The molecule has 0 spiro atoms. The normalized spacial score (nSPS) is 23.5. The van der Waals surface area contributed by atoms with Gasteiger partial charge in [-0.1, -0.05) is 69.2 Å². The smallest absolute Gasteiger partial charge is 0.184 e. The van der Waals surface area contributed by atoms with Crippen molar-refractivity contribution in [1.29, 1.82) is 5.26 Å². The van der Waals surface area contributed by atoms with Crippen molar-refractivity contribution < 1.29 is 43.3 Å². The van der Waals surface area contributed by atoms with Crippen LogP contribution in [0.1, 0.15) is 129 Å². The molecule has 0 aromatic heterocycles. The number of carbonyl (C=O) groups is 4. The third-order valence-electron chi connectivity index (χ3n) is 8.03. The lowest BCUT2D eigenvalue weighted by Gasteiger charge is -2.42. The van der Waals surface area contributed by atoms with E-state index < -0.39 is 29.3 Å². The van der Waals surface area contributed by atoms with Crippen LogP contribution in [0.15, 0.2) is 0 Å². The van der Waals surface area contributed by atoms with Crippen LogP contribution in [0.2, 0.25) is 0 Å². The van der Waals surface area contributed by atoms with Gasteiger partial charge >= 0.3 is 0 Å². The highest BCUT2D eigenvalue weighted by molar-refractivity contribution is 5.97. The molecule has 0 aromatic rings. The lowest BCUT2D eigenvalue weighted by Crippen LogP contribution is -2.62. The Kier molecular flexibility index (Phi) is 40.4. The number of nitriles is 1. The average molecular weight is 720 g/mol. The maximum atomic E-state index is 11.3. The summed E-state index contributed by atoms with van der Waals surface area (Å²) in [7, 11) is 7.12. The fraction of sp³-hybridized carbons (Fsp3) is 0.868. The second kappa shape index (κ2) is 35.3. The highest BCUT2D eigenvalue weighted by Crippen LogP contribution is 2.38. The zero-order valence-corrected chi connectivity index (χ0v) is 34.8. The largest absolute Gasteiger partial charge is 0.379 e. The number of hydrogen-bond donors (Lipinski definition) is 2. The number of Topliss-reactive ketones (excluding diaryl/α,β-unsaturated/α-hetero) is 2. The fourth-order valence-corrected chi connectivity index (χ4v) is 4.35. The van der Waals surface area contributed by atoms with Gasteiger partial charge in [0, 0.05) is 38.3 Å². The number of nitrogens with two attached hydrogens (primary N) is 1. The summed E-state index contributed by atoms with van der Waals surface area (Å²) in [5, 5.41) is 18.3. The van der Waals surface area contributed by atoms with Crippen molar-refractivity contribution in [2.24, 2.45) is 29.6 Å². The minimum Gasteiger partial charge on any atom is -0.379 e. The van der Waals surface area contributed by atoms with Crippen LogP contribution < -0.4 is 5.90 Å². The van der Waals surface area contributed by atoms with Crippen molar-refractivity contribution in [2.75, 3.05) is 28.3 Å². The number of aliphatic hydroxyl groups is 1. The molecule has 1 heterocycles. The van der Waals surface area contributed by atoms with Gasteiger partial charge in [-0.3, -0.25) is 9.59 Å². The summed E-state index contributed by atoms with van der Waals surface area (Å²) in [6.45, 7) is 25.9. The molecule has 12 nitrogen and oxygen atoms in total. The molecule has 3 N–H and O–H groups in total. The number of ketones is 2. The van der Waals surface area contributed by atoms with E-state index in [0.29, 0.717) is 49.3 Å². The Labute approximate surface area is 306 Å². The van der Waals surface area contributed by atoms with Gasteiger partial charge < -0.3 is 38.6 Å². The first-order chi connectivity index (χ1) is 23.4. The molecule has 2 rings (SSSR count). The lowest BCUT2D eigenvalue weighted by atomic mass is 9.66. The highest BCUT2D eigenvalue weighted by atomic mass is 16.7. The standard InChI is InChI=1S/C13H27NO2.C9H13NO3.C7H14O.C4H6O2.2C2H6.CH5NO/c1-9(2)11(4)16-13-8-12(14(5)6)7-10(3)15-13;1-3-7(13-2)9(12)4-6(5-10)8(9)11;1-4-6(3)7(8)5-2;1-4(2-5)3-6;2*1-2;1-3-2/h9-13H,7-8H2,1-6H3;6-7,12H,3-4H2,1-2H3;6H,4-5H2,1-3H3;2-4H,1H3;2*1-2H3;2H2,1H3/t10?,11-,12?,13?;6?,7-,9?;6-;;;;/m001..../s1. The van der Waals surface area contributed by atoms with Crippen LogP contribution in [0, 0.1) is 35.0 Å². The maximum absolute atomic E-state index is 11.3. The SMILES string of the molecule is CC.CC.CC(C=O)C=O.CC1CC(N(C)C)CC(O[C@@H](C)C(C)C)O1.CCC(=O)[C@H](C)CC.CC[C@H](OC)C1(O)CC(C#N)C1=O.CON. The Balaban J connectivity index is -0.000000178. The molecule has 8 atom stereocenters. The quantitative estimate of drug-likeness (QED) is 0.130. The molecular formula is C38H77N3O9. The van der Waals surface area contributed by atoms with E-state index in [-0.39, 0.29) is 24.7 Å². The molecule has 1 saturated heterocycles. The van der Waals surface area contributed by atoms with Crippen LogP contribution in [0.4, 0.5) is 0 Å². The minimum absolute atomic E-state index is 0.0338. The molecule has 2 aliphatic rings. The van der Waals surface area contributed by atoms with Crippen molar-refractivity contribution in [2.45, 2.75) is 165 Å². The van der Waals surface area contributed by atoms with Crippen LogP contribution >= 0.6 is 0 Å². The van der Waals surface area contributed by atoms with E-state index in [1.54, 1.807) is 6.92 Å². The molecule has 1 aliphatic heterocycles. The highest BCUT2D eigenvalue weighted by Gasteiger charge is 2.57. The van der Waals surface area contributed by atoms with Gasteiger partial charge in [-0.15, -0.1) is 0 Å². The molecule has 0 bridgehead atoms. The van der Waals surface area contributed by atoms with Crippen molar-refractivity contribution in [1.82, 2.24) is 4.90 Å². The molecule has 5 unspecified atom stereocenters. The van der Waals surface area contributed by atoms with Crippen LogP contribution in [0.3, 0.4) is 0 Å². The molecule has 298 valence electrons. The molecular weight excluding hydrogens is 642 g/mol. The first-order valence-corrected chi connectivity index (χ1v) is 18.3. The topological polar surface area (TPSA) is 178 Å². The first-order valence-electron chi connectivity index (χ1n) is 18.3. The zero-order valence-electron chi connectivity index (χ0n) is 34.8. The molecule has 50 heavy (non-hydrogen) atoms. The van der Waals surface area contributed by atoms with Gasteiger partial charge in [0.15, 0.2) is 17.7 Å². The first kappa shape index (κ1) is 57.2. The molecule has 1 aliphatic carbocycles. The zero-order chi connectivity index (χ0) is 40.6. The molecule has 1 saturated carbocycles. The monoisotopic (exact) mass is 720 g/mol. The number of carbonyl (C=O) groups excluding carboxylic acids is 4. The summed E-state index contributed by atoms with van der Waals surface area (Å²) < 4.78 is 16.8. The van der Waals surface area contributed by atoms with Crippen molar-refractivity contribution >= 4 is 24.1 Å². The van der Waals surface area contributed by atoms with Gasteiger partial charge in [-0.2, -0.15) is 5.26 Å². The van der Waals surface area contributed by atoms with E-state index in [2.05, 4.69) is 57.4 Å². The van der Waals surface area contributed by atoms with Gasteiger partial charge in [0.05, 0.1) is 37.4 Å². The van der Waals surface area contributed by atoms with Gasteiger partial charge in [0.2, 0.25) is 0 Å². The number of hydrogen-bond acceptors (Lipinski definition) is 12. The number of nitrogens with zero attached hydrogens (tertiary/aromatic N) is 2. The predicted molar refractivity (Wildman–Crippen MR) is 201 cm³/mol. The van der Waals surface area contributed by atoms with E-state index in [1.165, 1.54) is 14.2 Å². The third kappa shape index (κ3) is 24.9. The molecule has 0 amide bonds. The number of methoxy groups -OCH3 is 1. The summed E-state index contributed by atoms with van der Waals surface area (Å²) in [6, 6.07) is 2.42. The summed E-state index contributed by atoms with van der Waals surface area (Å²) in [6.07, 6.45) is 5.77. The second-order valence-corrected chi connectivity index (χ2v) is 12.4. The molecule has 2 fully saturated rings. The van der Waals surface area contributed by atoms with E-state index in [9.17, 15) is 24.3 Å². The van der Waals surface area contributed by atoms with Crippen LogP contribution in [-0.4, -0.2) is 98.7 Å². The molecule has 0 aromatic carbocycles. The third-order valence-corrected chi connectivity index (χ3v) is 8.03. The van der Waals surface area contributed by atoms with Crippen LogP contribution in [0.25, 0.3) is 0 Å². The Morgan fingerprint density at radius 1 is 1.04 bits per heavy atom. The maximum Gasteiger partial charge on any atom is 0.184 e. The van der Waals surface area contributed by atoms with Crippen molar-refractivity contribution in [3.63, 3.8) is 0 Å². The van der Waals surface area contributed by atoms with Crippen molar-refractivity contribution in [3.8, 4) is 6.07 Å². The average Bonchev–Trinajstić information content (AvgIpc) is 3.12. The summed E-state index contributed by atoms with van der Waals surface area (Å²) in [5.74, 6) is 4.08. The Morgan fingerprint density at radius 3 is 1.78 bits per heavy atom. The number of rotatable bonds is 12. The van der Waals surface area contributed by atoms with Gasteiger partial charge in [-0.05, 0) is 60.0 Å². The van der Waals surface area contributed by atoms with Crippen LogP contribution in [-0.2, 0) is 38.2 Å². The van der Waals surface area contributed by atoms with Gasteiger partial charge in [0.25, 0.3) is 0 Å². The van der Waals surface area contributed by atoms with E-state index in [0.717, 1.165) is 19.3 Å². The molecule has 12 heteroatoms.